The minimum atomic E-state index is -3.58. The molecule has 0 unspecified atom stereocenters. The van der Waals surface area contributed by atoms with E-state index < -0.39 is 10.0 Å². The van der Waals surface area contributed by atoms with Gasteiger partial charge in [0.15, 0.2) is 0 Å². The number of sulfonamides is 1. The maximum atomic E-state index is 13.5. The van der Waals surface area contributed by atoms with E-state index in [4.69, 9.17) is 0 Å². The first kappa shape index (κ1) is 20.1. The van der Waals surface area contributed by atoms with Crippen LogP contribution in [0.1, 0.15) is 17.5 Å². The van der Waals surface area contributed by atoms with Gasteiger partial charge in [0, 0.05) is 26.6 Å². The lowest BCUT2D eigenvalue weighted by Crippen LogP contribution is -2.36. The fourth-order valence-electron chi connectivity index (χ4n) is 2.40. The maximum absolute atomic E-state index is 13.5. The zero-order valence-corrected chi connectivity index (χ0v) is 15.7. The highest BCUT2D eigenvalue weighted by Crippen LogP contribution is 2.14. The van der Waals surface area contributed by atoms with E-state index in [2.05, 4.69) is 5.32 Å². The number of nitrogens with one attached hydrogen (secondary N) is 1. The molecule has 0 bridgehead atoms. The van der Waals surface area contributed by atoms with Crippen LogP contribution in [0.3, 0.4) is 0 Å². The Morgan fingerprint density at radius 1 is 1.12 bits per heavy atom. The smallest absolute Gasteiger partial charge is 0.242 e. The third kappa shape index (κ3) is 5.37. The predicted octanol–water partition coefficient (Wildman–Crippen LogP) is 2.50. The molecule has 1 amide bonds. The predicted molar refractivity (Wildman–Crippen MR) is 98.7 cm³/mol. The summed E-state index contributed by atoms with van der Waals surface area (Å²) >= 11 is 0. The number of carbonyl (C=O) groups is 1. The van der Waals surface area contributed by atoms with Gasteiger partial charge in [-0.2, -0.15) is 4.31 Å². The average molecular weight is 378 g/mol. The van der Waals surface area contributed by atoms with Crippen LogP contribution >= 0.6 is 0 Å². The summed E-state index contributed by atoms with van der Waals surface area (Å²) in [6, 6.07) is 12.9. The van der Waals surface area contributed by atoms with E-state index >= 15 is 0 Å². The maximum Gasteiger partial charge on any atom is 0.242 e. The molecule has 0 atom stereocenters. The molecule has 2 aromatic carbocycles. The van der Waals surface area contributed by atoms with Crippen molar-refractivity contribution in [2.75, 3.05) is 20.1 Å². The zero-order chi connectivity index (χ0) is 19.2. The summed E-state index contributed by atoms with van der Waals surface area (Å²) in [5, 5.41) is 2.67. The molecule has 1 N–H and O–H groups in total. The van der Waals surface area contributed by atoms with Gasteiger partial charge >= 0.3 is 0 Å². The third-order valence-corrected chi connectivity index (χ3v) is 5.93. The van der Waals surface area contributed by atoms with Gasteiger partial charge in [0.25, 0.3) is 0 Å². The second-order valence-electron chi connectivity index (χ2n) is 6.08. The van der Waals surface area contributed by atoms with Crippen molar-refractivity contribution in [1.29, 1.82) is 0 Å². The molecule has 140 valence electrons. The van der Waals surface area contributed by atoms with Gasteiger partial charge < -0.3 is 5.32 Å². The zero-order valence-electron chi connectivity index (χ0n) is 14.9. The van der Waals surface area contributed by atoms with Crippen LogP contribution in [-0.2, 0) is 21.2 Å². The van der Waals surface area contributed by atoms with Gasteiger partial charge in [0.05, 0.1) is 4.90 Å². The Labute approximate surface area is 153 Å². The van der Waals surface area contributed by atoms with Crippen LogP contribution in [0.2, 0.25) is 0 Å². The molecule has 2 rings (SSSR count). The minimum Gasteiger partial charge on any atom is -0.355 e. The molecule has 0 aliphatic carbocycles. The highest BCUT2D eigenvalue weighted by atomic mass is 32.2. The van der Waals surface area contributed by atoms with Crippen LogP contribution < -0.4 is 5.32 Å². The van der Waals surface area contributed by atoms with Crippen LogP contribution in [-0.4, -0.2) is 38.8 Å². The van der Waals surface area contributed by atoms with Crippen LogP contribution in [0, 0.1) is 12.7 Å². The van der Waals surface area contributed by atoms with Gasteiger partial charge in [-0.05, 0) is 37.1 Å². The van der Waals surface area contributed by atoms with E-state index in [0.29, 0.717) is 12.0 Å². The first-order valence-corrected chi connectivity index (χ1v) is 9.78. The SMILES string of the molecule is Cc1ccc(S(=O)(=O)N(C)CCNC(=O)CCc2ccccc2F)cc1. The van der Waals surface area contributed by atoms with E-state index in [0.717, 1.165) is 5.56 Å². The largest absolute Gasteiger partial charge is 0.355 e. The number of halogens is 1. The molecule has 0 saturated heterocycles. The lowest BCUT2D eigenvalue weighted by atomic mass is 10.1. The van der Waals surface area contributed by atoms with E-state index in [-0.39, 0.29) is 36.1 Å². The molecule has 0 saturated carbocycles. The lowest BCUT2D eigenvalue weighted by molar-refractivity contribution is -0.121. The van der Waals surface area contributed by atoms with Crippen LogP contribution in [0.5, 0.6) is 0 Å². The average Bonchev–Trinajstić information content (AvgIpc) is 2.61. The van der Waals surface area contributed by atoms with E-state index in [1.54, 1.807) is 42.5 Å². The van der Waals surface area contributed by atoms with Crippen molar-refractivity contribution in [1.82, 2.24) is 9.62 Å². The quantitative estimate of drug-likeness (QED) is 0.768. The molecule has 7 heteroatoms. The Hall–Kier alpha value is -2.25. The molecule has 0 aromatic heterocycles. The summed E-state index contributed by atoms with van der Waals surface area (Å²) in [5.74, 6) is -0.571. The van der Waals surface area contributed by atoms with E-state index in [1.165, 1.54) is 17.4 Å². The molecule has 26 heavy (non-hydrogen) atoms. The lowest BCUT2D eigenvalue weighted by Gasteiger charge is -2.17. The number of hydrogen-bond donors (Lipinski definition) is 1. The van der Waals surface area contributed by atoms with Crippen molar-refractivity contribution in [3.63, 3.8) is 0 Å². The molecule has 0 aliphatic heterocycles. The van der Waals surface area contributed by atoms with Crippen molar-refractivity contribution in [3.05, 3.63) is 65.5 Å². The Balaban J connectivity index is 1.80. The molecule has 0 heterocycles. The highest BCUT2D eigenvalue weighted by molar-refractivity contribution is 7.89. The van der Waals surface area contributed by atoms with Gasteiger partial charge in [-0.15, -0.1) is 0 Å². The van der Waals surface area contributed by atoms with E-state index in [9.17, 15) is 17.6 Å². The van der Waals surface area contributed by atoms with Crippen molar-refractivity contribution in [2.24, 2.45) is 0 Å². The van der Waals surface area contributed by atoms with Crippen LogP contribution in [0.25, 0.3) is 0 Å². The number of amides is 1. The topological polar surface area (TPSA) is 66.5 Å². The summed E-state index contributed by atoms with van der Waals surface area (Å²) in [6.45, 7) is 2.23. The van der Waals surface area contributed by atoms with Crippen LogP contribution in [0.4, 0.5) is 4.39 Å². The molecule has 0 radical (unpaired) electrons. The second-order valence-corrected chi connectivity index (χ2v) is 8.13. The van der Waals surface area contributed by atoms with Gasteiger partial charge in [0.1, 0.15) is 5.82 Å². The monoisotopic (exact) mass is 378 g/mol. The number of benzene rings is 2. The minimum absolute atomic E-state index is 0.148. The summed E-state index contributed by atoms with van der Waals surface area (Å²) in [7, 11) is -2.11. The Bertz CT molecular complexity index is 851. The molecule has 5 nitrogen and oxygen atoms in total. The molecular weight excluding hydrogens is 355 g/mol. The number of aryl methyl sites for hydroxylation is 2. The molecule has 0 spiro atoms. The number of hydrogen-bond acceptors (Lipinski definition) is 3. The van der Waals surface area contributed by atoms with Crippen molar-refractivity contribution in [2.45, 2.75) is 24.7 Å². The van der Waals surface area contributed by atoms with E-state index in [1.807, 2.05) is 6.92 Å². The van der Waals surface area contributed by atoms with Crippen LogP contribution in [0.15, 0.2) is 53.4 Å². The van der Waals surface area contributed by atoms with Gasteiger partial charge in [-0.25, -0.2) is 12.8 Å². The Morgan fingerprint density at radius 2 is 1.77 bits per heavy atom. The summed E-state index contributed by atoms with van der Waals surface area (Å²) < 4.78 is 39.6. The van der Waals surface area contributed by atoms with Gasteiger partial charge in [-0.1, -0.05) is 35.9 Å². The summed E-state index contributed by atoms with van der Waals surface area (Å²) in [6.07, 6.45) is 0.450. The fraction of sp³-hybridized carbons (Fsp3) is 0.316. The van der Waals surface area contributed by atoms with Crippen molar-refractivity contribution in [3.8, 4) is 0 Å². The van der Waals surface area contributed by atoms with Crippen molar-refractivity contribution >= 4 is 15.9 Å². The Morgan fingerprint density at radius 3 is 2.42 bits per heavy atom. The molecular formula is C19H23FN2O3S. The molecule has 2 aromatic rings. The van der Waals surface area contributed by atoms with Gasteiger partial charge in [0.2, 0.25) is 15.9 Å². The normalized spacial score (nSPS) is 11.5. The van der Waals surface area contributed by atoms with Crippen molar-refractivity contribution < 1.29 is 17.6 Å². The number of rotatable bonds is 8. The molecule has 0 fully saturated rings. The first-order valence-electron chi connectivity index (χ1n) is 8.34. The summed E-state index contributed by atoms with van der Waals surface area (Å²) in [4.78, 5) is 12.1. The number of carbonyl (C=O) groups excluding carboxylic acids is 1. The number of likely N-dealkylation sites (N-methyl/N-ethyl adjacent to an activating group) is 1. The fourth-order valence-corrected chi connectivity index (χ4v) is 3.57. The third-order valence-electron chi connectivity index (χ3n) is 4.06. The highest BCUT2D eigenvalue weighted by Gasteiger charge is 2.20. The number of nitrogens with zero attached hydrogens (tertiary/aromatic N) is 1. The van der Waals surface area contributed by atoms with Gasteiger partial charge in [-0.3, -0.25) is 4.79 Å². The first-order chi connectivity index (χ1) is 12.3. The Kier molecular flexibility index (Phi) is 6.88. The standard InChI is InChI=1S/C19H23FN2O3S/c1-15-7-10-17(11-8-15)26(24,25)22(2)14-13-21-19(23)12-9-16-5-3-4-6-18(16)20/h3-8,10-11H,9,12-14H2,1-2H3,(H,21,23). The second kappa shape index (κ2) is 8.91. The summed E-state index contributed by atoms with van der Waals surface area (Å²) in [5.41, 5.74) is 1.47. The molecule has 0 aliphatic rings.